The Morgan fingerprint density at radius 1 is 0.941 bits per heavy atom. The summed E-state index contributed by atoms with van der Waals surface area (Å²) in [6, 6.07) is 3.92. The molecule has 0 radical (unpaired) electrons. The van der Waals surface area contributed by atoms with Crippen LogP contribution in [0.15, 0.2) is 24.3 Å². The maximum Gasteiger partial charge on any atom is 0.320 e. The van der Waals surface area contributed by atoms with Crippen molar-refractivity contribution in [2.24, 2.45) is 22.9 Å². The van der Waals surface area contributed by atoms with E-state index in [1.165, 1.54) is 12.1 Å². The van der Waals surface area contributed by atoms with Crippen LogP contribution in [0.3, 0.4) is 0 Å². The van der Waals surface area contributed by atoms with Gasteiger partial charge in [-0.2, -0.15) is 11.8 Å². The number of aromatic hydroxyl groups is 1. The second-order valence-corrected chi connectivity index (χ2v) is 7.95. The number of carboxylic acids is 3. The number of rotatable bonds is 12. The van der Waals surface area contributed by atoms with Crippen LogP contribution in [0, 0.1) is 5.41 Å². The summed E-state index contributed by atoms with van der Waals surface area (Å²) < 4.78 is 0. The minimum absolute atomic E-state index is 0.112. The summed E-state index contributed by atoms with van der Waals surface area (Å²) in [5.74, 6) is -2.07. The molecule has 3 unspecified atom stereocenters. The Morgan fingerprint density at radius 2 is 1.41 bits per heavy atom. The Balaban J connectivity index is 0. The molecule has 0 heterocycles. The number of phenolic OH excluding ortho intramolecular Hbond substituents is 1. The molecule has 14 heteroatoms. The van der Waals surface area contributed by atoms with Crippen LogP contribution in [0.4, 0.5) is 0 Å². The Hall–Kier alpha value is -3.07. The molecule has 194 valence electrons. The number of carbonyl (C=O) groups is 3. The van der Waals surface area contributed by atoms with E-state index in [2.05, 4.69) is 5.32 Å². The monoisotopic (exact) mass is 504 g/mol. The first-order valence-corrected chi connectivity index (χ1v) is 11.5. The van der Waals surface area contributed by atoms with Crippen LogP contribution in [0.25, 0.3) is 0 Å². The third-order valence-electron chi connectivity index (χ3n) is 3.98. The van der Waals surface area contributed by atoms with Crippen LogP contribution in [-0.4, -0.2) is 81.0 Å². The fraction of sp³-hybridized carbons (Fsp3) is 0.500. The number of benzene rings is 1. The van der Waals surface area contributed by atoms with Gasteiger partial charge in [-0.3, -0.25) is 19.8 Å². The number of hydrogen-bond acceptors (Lipinski definition) is 9. The fourth-order valence-corrected chi connectivity index (χ4v) is 2.50. The van der Waals surface area contributed by atoms with Gasteiger partial charge in [-0.1, -0.05) is 12.1 Å². The SMILES string of the molecule is CSCCC(N)C(=O)O.N=C(N)NCCCC(N)C(=O)O.NC(Cc1ccc(O)cc1)C(=O)O. The number of thioether (sulfide) groups is 1. The highest BCUT2D eigenvalue weighted by Crippen LogP contribution is 2.10. The van der Waals surface area contributed by atoms with Gasteiger partial charge in [0, 0.05) is 6.54 Å². The Labute approximate surface area is 202 Å². The predicted molar refractivity (Wildman–Crippen MR) is 131 cm³/mol. The molecule has 34 heavy (non-hydrogen) atoms. The molecule has 0 amide bonds. The molecule has 1 aromatic carbocycles. The lowest BCUT2D eigenvalue weighted by Gasteiger charge is -2.06. The summed E-state index contributed by atoms with van der Waals surface area (Å²) in [6.07, 6.45) is 3.73. The molecule has 1 aromatic rings. The van der Waals surface area contributed by atoms with E-state index in [1.54, 1.807) is 23.9 Å². The van der Waals surface area contributed by atoms with Gasteiger partial charge in [0.25, 0.3) is 0 Å². The summed E-state index contributed by atoms with van der Waals surface area (Å²) >= 11 is 1.60. The van der Waals surface area contributed by atoms with E-state index in [-0.39, 0.29) is 18.1 Å². The van der Waals surface area contributed by atoms with Crippen LogP contribution in [0.2, 0.25) is 0 Å². The molecular weight excluding hydrogens is 468 g/mol. The number of nitrogens with one attached hydrogen (secondary N) is 2. The highest BCUT2D eigenvalue weighted by atomic mass is 32.2. The zero-order valence-electron chi connectivity index (χ0n) is 19.0. The zero-order chi connectivity index (χ0) is 26.7. The number of nitrogens with two attached hydrogens (primary N) is 4. The van der Waals surface area contributed by atoms with Gasteiger partial charge in [0.05, 0.1) is 0 Å². The maximum absolute atomic E-state index is 10.4. The first kappa shape index (κ1) is 33.1. The van der Waals surface area contributed by atoms with Gasteiger partial charge < -0.3 is 48.7 Å². The lowest BCUT2D eigenvalue weighted by atomic mass is 10.1. The lowest BCUT2D eigenvalue weighted by molar-refractivity contribution is -0.139. The van der Waals surface area contributed by atoms with E-state index in [0.717, 1.165) is 11.3 Å². The van der Waals surface area contributed by atoms with Crippen LogP contribution in [-0.2, 0) is 20.8 Å². The molecule has 14 N–H and O–H groups in total. The minimum atomic E-state index is -1.02. The number of carboxylic acid groups (broad SMARTS) is 3. The number of guanidine groups is 1. The second kappa shape index (κ2) is 19.4. The van der Waals surface area contributed by atoms with Gasteiger partial charge in [0.1, 0.15) is 23.9 Å². The first-order valence-electron chi connectivity index (χ1n) is 10.1. The molecule has 0 aliphatic rings. The summed E-state index contributed by atoms with van der Waals surface area (Å²) in [5, 5.41) is 43.5. The average Bonchev–Trinajstić information content (AvgIpc) is 2.76. The van der Waals surface area contributed by atoms with Crippen molar-refractivity contribution >= 4 is 35.6 Å². The third kappa shape index (κ3) is 19.6. The number of aliphatic carboxylic acids is 3. The van der Waals surface area contributed by atoms with Crippen molar-refractivity contribution in [3.05, 3.63) is 29.8 Å². The molecule has 0 bridgehead atoms. The molecule has 0 aromatic heterocycles. The van der Waals surface area contributed by atoms with Crippen molar-refractivity contribution in [2.45, 2.75) is 43.8 Å². The summed E-state index contributed by atoms with van der Waals surface area (Å²) in [4.78, 5) is 30.7. The maximum atomic E-state index is 10.4. The zero-order valence-corrected chi connectivity index (χ0v) is 19.8. The smallest absolute Gasteiger partial charge is 0.320 e. The van der Waals surface area contributed by atoms with Crippen molar-refractivity contribution in [2.75, 3.05) is 18.6 Å². The van der Waals surface area contributed by atoms with Crippen LogP contribution in [0.1, 0.15) is 24.8 Å². The molecule has 0 aliphatic heterocycles. The van der Waals surface area contributed by atoms with Gasteiger partial charge in [-0.25, -0.2) is 0 Å². The molecule has 0 aliphatic carbocycles. The Morgan fingerprint density at radius 3 is 1.82 bits per heavy atom. The van der Waals surface area contributed by atoms with Gasteiger partial charge in [-0.15, -0.1) is 0 Å². The van der Waals surface area contributed by atoms with Crippen molar-refractivity contribution in [3.8, 4) is 5.75 Å². The Kier molecular flexibility index (Phi) is 18.9. The van der Waals surface area contributed by atoms with Gasteiger partial charge in [0.15, 0.2) is 5.96 Å². The van der Waals surface area contributed by atoms with E-state index in [9.17, 15) is 14.4 Å². The standard InChI is InChI=1S/C9H11NO3.C6H14N4O2.C5H11NO2S/c10-8(9(12)13)5-6-1-3-7(11)4-2-6;7-4(5(11)12)2-1-3-10-6(8)9;1-9-3-2-4(6)5(7)8/h1-4,8,11H,5,10H2,(H,12,13);4H,1-3,7H2,(H,11,12)(H4,8,9,10);4H,2-3,6H2,1H3,(H,7,8). The molecule has 0 spiro atoms. The van der Waals surface area contributed by atoms with E-state index >= 15 is 0 Å². The molecule has 13 nitrogen and oxygen atoms in total. The highest BCUT2D eigenvalue weighted by molar-refractivity contribution is 7.98. The highest BCUT2D eigenvalue weighted by Gasteiger charge is 2.12. The van der Waals surface area contributed by atoms with E-state index in [0.29, 0.717) is 25.8 Å². The molecule has 0 fully saturated rings. The van der Waals surface area contributed by atoms with E-state index in [4.69, 9.17) is 48.8 Å². The largest absolute Gasteiger partial charge is 0.508 e. The second-order valence-electron chi connectivity index (χ2n) is 6.97. The topological polar surface area (TPSA) is 272 Å². The van der Waals surface area contributed by atoms with Gasteiger partial charge >= 0.3 is 17.9 Å². The predicted octanol–water partition coefficient (Wildman–Crippen LogP) is -0.840. The summed E-state index contributed by atoms with van der Waals surface area (Å²) in [7, 11) is 0. The van der Waals surface area contributed by atoms with Gasteiger partial charge in [-0.05, 0) is 55.4 Å². The first-order chi connectivity index (χ1) is 15.8. The normalized spacial score (nSPS) is 12.5. The summed E-state index contributed by atoms with van der Waals surface area (Å²) in [5.41, 5.74) is 21.5. The average molecular weight is 505 g/mol. The van der Waals surface area contributed by atoms with Crippen molar-refractivity contribution < 1.29 is 34.8 Å². The van der Waals surface area contributed by atoms with E-state index < -0.39 is 36.0 Å². The number of hydrogen-bond donors (Lipinski definition) is 10. The van der Waals surface area contributed by atoms with Crippen molar-refractivity contribution in [1.82, 2.24) is 5.32 Å². The summed E-state index contributed by atoms with van der Waals surface area (Å²) in [6.45, 7) is 0.482. The molecule has 3 atom stereocenters. The van der Waals surface area contributed by atoms with Crippen LogP contribution in [0.5, 0.6) is 5.75 Å². The lowest BCUT2D eigenvalue weighted by Crippen LogP contribution is -2.34. The molecular formula is C20H36N6O7S. The molecule has 0 saturated carbocycles. The third-order valence-corrected chi connectivity index (χ3v) is 4.63. The quantitative estimate of drug-likeness (QED) is 0.0945. The van der Waals surface area contributed by atoms with Crippen molar-refractivity contribution in [3.63, 3.8) is 0 Å². The van der Waals surface area contributed by atoms with E-state index in [1.807, 2.05) is 6.26 Å². The minimum Gasteiger partial charge on any atom is -0.508 e. The molecule has 0 saturated heterocycles. The van der Waals surface area contributed by atoms with Crippen molar-refractivity contribution in [1.29, 1.82) is 5.41 Å². The van der Waals surface area contributed by atoms with Crippen LogP contribution < -0.4 is 28.3 Å². The van der Waals surface area contributed by atoms with Crippen LogP contribution >= 0.6 is 11.8 Å². The fourth-order valence-electron chi connectivity index (χ4n) is 2.01. The molecule has 1 rings (SSSR count). The van der Waals surface area contributed by atoms with Gasteiger partial charge in [0.2, 0.25) is 0 Å². The Bertz CT molecular complexity index is 751. The number of phenols is 1.